The molecule has 2 rings (SSSR count). The lowest BCUT2D eigenvalue weighted by Gasteiger charge is -2.20. The summed E-state index contributed by atoms with van der Waals surface area (Å²) in [6.45, 7) is 6.17. The van der Waals surface area contributed by atoms with Crippen LogP contribution >= 0.6 is 11.8 Å². The fourth-order valence-corrected chi connectivity index (χ4v) is 3.86. The number of nitrogens with two attached hydrogens (primary N) is 1. The van der Waals surface area contributed by atoms with Gasteiger partial charge in [0.15, 0.2) is 5.16 Å². The van der Waals surface area contributed by atoms with Crippen molar-refractivity contribution in [3.05, 3.63) is 34.6 Å². The van der Waals surface area contributed by atoms with E-state index in [1.807, 2.05) is 19.1 Å². The van der Waals surface area contributed by atoms with Crippen LogP contribution in [-0.4, -0.2) is 33.7 Å². The van der Waals surface area contributed by atoms with E-state index in [1.54, 1.807) is 16.7 Å². The average molecular weight is 405 g/mol. The van der Waals surface area contributed by atoms with Crippen LogP contribution in [0.2, 0.25) is 0 Å². The third-order valence-corrected chi connectivity index (χ3v) is 5.36. The fourth-order valence-electron chi connectivity index (χ4n) is 2.93. The quantitative estimate of drug-likeness (QED) is 0.467. The van der Waals surface area contributed by atoms with Gasteiger partial charge >= 0.3 is 0 Å². The summed E-state index contributed by atoms with van der Waals surface area (Å²) in [5.74, 6) is -0.263. The van der Waals surface area contributed by atoms with Gasteiger partial charge < -0.3 is 11.1 Å². The van der Waals surface area contributed by atoms with Gasteiger partial charge in [-0.15, -0.1) is 0 Å². The number of amides is 2. The van der Waals surface area contributed by atoms with Gasteiger partial charge in [-0.25, -0.2) is 4.98 Å². The van der Waals surface area contributed by atoms with Crippen molar-refractivity contribution in [2.24, 2.45) is 11.7 Å². The highest BCUT2D eigenvalue weighted by molar-refractivity contribution is 7.99. The second kappa shape index (κ2) is 10.3. The number of hydrogen-bond acceptors (Lipinski definition) is 5. The number of carbonyl (C=O) groups excluding carboxylic acids is 2. The minimum Gasteiger partial charge on any atom is -0.368 e. The van der Waals surface area contributed by atoms with Gasteiger partial charge in [-0.2, -0.15) is 0 Å². The van der Waals surface area contributed by atoms with E-state index in [0.717, 1.165) is 19.3 Å². The molecule has 7 nitrogen and oxygen atoms in total. The predicted molar refractivity (Wildman–Crippen MR) is 112 cm³/mol. The summed E-state index contributed by atoms with van der Waals surface area (Å²) in [5.41, 5.74) is 5.56. The van der Waals surface area contributed by atoms with E-state index >= 15 is 0 Å². The van der Waals surface area contributed by atoms with Gasteiger partial charge in [0.05, 0.1) is 23.2 Å². The SMILES string of the molecule is CC(C)CCC[C@H](C)n1c(SCC(=O)NCC(N)=O)nc2ccccc2c1=O. The molecule has 1 aromatic carbocycles. The Hall–Kier alpha value is -2.35. The van der Waals surface area contributed by atoms with Crippen molar-refractivity contribution in [3.8, 4) is 0 Å². The summed E-state index contributed by atoms with van der Waals surface area (Å²) in [5, 5.41) is 3.53. The molecule has 0 saturated carbocycles. The zero-order chi connectivity index (χ0) is 20.7. The van der Waals surface area contributed by atoms with E-state index in [2.05, 4.69) is 24.1 Å². The third kappa shape index (κ3) is 6.09. The Morgan fingerprint density at radius 1 is 1.21 bits per heavy atom. The fraction of sp³-hybridized carbons (Fsp3) is 0.500. The van der Waals surface area contributed by atoms with Crippen LogP contribution in [-0.2, 0) is 9.59 Å². The molecule has 1 atom stereocenters. The summed E-state index contributed by atoms with van der Waals surface area (Å²) < 4.78 is 1.69. The Morgan fingerprint density at radius 2 is 1.93 bits per heavy atom. The highest BCUT2D eigenvalue weighted by Gasteiger charge is 2.17. The first-order valence-corrected chi connectivity index (χ1v) is 10.5. The number of carbonyl (C=O) groups is 2. The summed E-state index contributed by atoms with van der Waals surface area (Å²) >= 11 is 1.19. The molecule has 0 aliphatic heterocycles. The van der Waals surface area contributed by atoms with Crippen molar-refractivity contribution in [2.75, 3.05) is 12.3 Å². The van der Waals surface area contributed by atoms with Crippen molar-refractivity contribution in [3.63, 3.8) is 0 Å². The number of thioether (sulfide) groups is 1. The van der Waals surface area contributed by atoms with Crippen molar-refractivity contribution in [2.45, 2.75) is 51.2 Å². The Bertz CT molecular complexity index is 895. The normalized spacial score (nSPS) is 12.3. The second-order valence-corrected chi connectivity index (χ2v) is 8.23. The van der Waals surface area contributed by atoms with Crippen molar-refractivity contribution in [1.82, 2.24) is 14.9 Å². The molecule has 2 aromatic rings. The van der Waals surface area contributed by atoms with Crippen LogP contribution in [0, 0.1) is 5.92 Å². The molecular weight excluding hydrogens is 376 g/mol. The van der Waals surface area contributed by atoms with E-state index in [0.29, 0.717) is 22.0 Å². The molecule has 8 heteroatoms. The number of para-hydroxylation sites is 1. The van der Waals surface area contributed by atoms with E-state index < -0.39 is 5.91 Å². The maximum Gasteiger partial charge on any atom is 0.262 e. The molecule has 1 heterocycles. The van der Waals surface area contributed by atoms with Crippen LogP contribution in [0.4, 0.5) is 0 Å². The molecule has 28 heavy (non-hydrogen) atoms. The molecular formula is C20H28N4O3S. The highest BCUT2D eigenvalue weighted by Crippen LogP contribution is 2.24. The molecule has 1 aromatic heterocycles. The van der Waals surface area contributed by atoms with Crippen molar-refractivity contribution < 1.29 is 9.59 Å². The number of nitrogens with one attached hydrogen (secondary N) is 1. The van der Waals surface area contributed by atoms with Gasteiger partial charge in [0, 0.05) is 6.04 Å². The van der Waals surface area contributed by atoms with Gasteiger partial charge in [-0.3, -0.25) is 19.0 Å². The molecule has 152 valence electrons. The minimum atomic E-state index is -0.599. The minimum absolute atomic E-state index is 0.0282. The number of aromatic nitrogens is 2. The average Bonchev–Trinajstić information content (AvgIpc) is 2.64. The van der Waals surface area contributed by atoms with E-state index in [4.69, 9.17) is 5.73 Å². The molecule has 0 aliphatic carbocycles. The number of primary amides is 1. The molecule has 2 amide bonds. The number of hydrogen-bond donors (Lipinski definition) is 2. The van der Waals surface area contributed by atoms with E-state index in [9.17, 15) is 14.4 Å². The summed E-state index contributed by atoms with van der Waals surface area (Å²) in [4.78, 5) is 40.5. The monoisotopic (exact) mass is 404 g/mol. The van der Waals surface area contributed by atoms with E-state index in [-0.39, 0.29) is 29.8 Å². The highest BCUT2D eigenvalue weighted by atomic mass is 32.2. The molecule has 0 fully saturated rings. The predicted octanol–water partition coefficient (Wildman–Crippen LogP) is 2.48. The van der Waals surface area contributed by atoms with E-state index in [1.165, 1.54) is 11.8 Å². The van der Waals surface area contributed by atoms with Crippen LogP contribution in [0.25, 0.3) is 10.9 Å². The Kier molecular flexibility index (Phi) is 8.04. The van der Waals surface area contributed by atoms with Crippen LogP contribution in [0.5, 0.6) is 0 Å². The first-order chi connectivity index (χ1) is 13.3. The lowest BCUT2D eigenvalue weighted by atomic mass is 10.0. The largest absolute Gasteiger partial charge is 0.368 e. The van der Waals surface area contributed by atoms with Crippen LogP contribution in [0.15, 0.2) is 34.2 Å². The lowest BCUT2D eigenvalue weighted by Crippen LogP contribution is -2.34. The Morgan fingerprint density at radius 3 is 2.61 bits per heavy atom. The lowest BCUT2D eigenvalue weighted by molar-refractivity contribution is -0.123. The molecule has 0 radical (unpaired) electrons. The van der Waals surface area contributed by atoms with Gasteiger partial charge in [0.2, 0.25) is 11.8 Å². The number of fused-ring (bicyclic) bond motifs is 1. The van der Waals surface area contributed by atoms with Crippen LogP contribution in [0.1, 0.15) is 46.1 Å². The summed E-state index contributed by atoms with van der Waals surface area (Å²) in [7, 11) is 0. The maximum atomic E-state index is 13.1. The Labute approximate surface area is 169 Å². The molecule has 0 spiro atoms. The molecule has 0 unspecified atom stereocenters. The van der Waals surface area contributed by atoms with Gasteiger partial charge in [0.25, 0.3) is 5.56 Å². The zero-order valence-electron chi connectivity index (χ0n) is 16.6. The first-order valence-electron chi connectivity index (χ1n) is 9.48. The second-order valence-electron chi connectivity index (χ2n) is 7.29. The van der Waals surface area contributed by atoms with Crippen molar-refractivity contribution in [1.29, 1.82) is 0 Å². The van der Waals surface area contributed by atoms with Crippen LogP contribution < -0.4 is 16.6 Å². The van der Waals surface area contributed by atoms with Gasteiger partial charge in [-0.05, 0) is 31.4 Å². The summed E-state index contributed by atoms with van der Waals surface area (Å²) in [6.07, 6.45) is 2.97. The number of benzene rings is 1. The Balaban J connectivity index is 2.27. The van der Waals surface area contributed by atoms with Gasteiger partial charge in [-0.1, -0.05) is 50.6 Å². The third-order valence-electron chi connectivity index (χ3n) is 4.41. The number of nitrogens with zero attached hydrogens (tertiary/aromatic N) is 2. The summed E-state index contributed by atoms with van der Waals surface area (Å²) in [6, 6.07) is 7.19. The molecule has 0 bridgehead atoms. The number of rotatable bonds is 10. The zero-order valence-corrected chi connectivity index (χ0v) is 17.4. The maximum absolute atomic E-state index is 13.1. The molecule has 0 aliphatic rings. The van der Waals surface area contributed by atoms with Crippen molar-refractivity contribution >= 4 is 34.5 Å². The van der Waals surface area contributed by atoms with Crippen LogP contribution in [0.3, 0.4) is 0 Å². The topological polar surface area (TPSA) is 107 Å². The standard InChI is InChI=1S/C20H28N4O3S/c1-13(2)7-6-8-14(3)24-19(27)15-9-4-5-10-16(15)23-20(24)28-12-18(26)22-11-17(21)25/h4-5,9-10,13-14H,6-8,11-12H2,1-3H3,(H2,21,25)(H,22,26)/t14-/m0/s1. The first kappa shape index (κ1) is 21.9. The molecule has 0 saturated heterocycles. The molecule has 3 N–H and O–H groups in total. The van der Waals surface area contributed by atoms with Gasteiger partial charge in [0.1, 0.15) is 0 Å². The smallest absolute Gasteiger partial charge is 0.262 e.